The lowest BCUT2D eigenvalue weighted by Crippen LogP contribution is -2.11. The molecule has 0 saturated heterocycles. The van der Waals surface area contributed by atoms with Gasteiger partial charge in [0.05, 0.1) is 27.9 Å². The highest BCUT2D eigenvalue weighted by Gasteiger charge is 2.23. The van der Waals surface area contributed by atoms with Crippen molar-refractivity contribution in [2.75, 3.05) is 5.73 Å². The quantitative estimate of drug-likeness (QED) is 0.879. The van der Waals surface area contributed by atoms with E-state index in [2.05, 4.69) is 5.10 Å². The molecule has 7 heteroatoms. The lowest BCUT2D eigenvalue weighted by atomic mass is 10.3. The van der Waals surface area contributed by atoms with E-state index in [9.17, 15) is 8.42 Å². The third-order valence-electron chi connectivity index (χ3n) is 2.75. The van der Waals surface area contributed by atoms with Crippen molar-refractivity contribution >= 4 is 27.1 Å². The van der Waals surface area contributed by atoms with Gasteiger partial charge in [0.15, 0.2) is 9.84 Å². The number of hydrogen-bond acceptors (Lipinski definition) is 4. The second-order valence-corrected chi connectivity index (χ2v) is 6.65. The van der Waals surface area contributed by atoms with Crippen molar-refractivity contribution in [3.63, 3.8) is 0 Å². The van der Waals surface area contributed by atoms with Crippen LogP contribution in [0, 0.1) is 6.92 Å². The van der Waals surface area contributed by atoms with Crippen molar-refractivity contribution in [2.24, 2.45) is 7.05 Å². The number of aryl methyl sites for hydroxylation is 2. The molecule has 0 spiro atoms. The van der Waals surface area contributed by atoms with E-state index >= 15 is 0 Å². The standard InChI is InChI=1S/C12H14ClN3O2S/c1-8-6-9(16(2)15-8)7-19(17,18)12-10(13)4-3-5-11(12)14/h3-6H,7,14H2,1-2H3. The van der Waals surface area contributed by atoms with Crippen LogP contribution in [0.25, 0.3) is 0 Å². The SMILES string of the molecule is Cc1cc(CS(=O)(=O)c2c(N)cccc2Cl)n(C)n1. The molecule has 1 aromatic heterocycles. The van der Waals surface area contributed by atoms with Crippen molar-refractivity contribution in [2.45, 2.75) is 17.6 Å². The van der Waals surface area contributed by atoms with Gasteiger partial charge >= 0.3 is 0 Å². The summed E-state index contributed by atoms with van der Waals surface area (Å²) in [6.45, 7) is 1.81. The molecule has 19 heavy (non-hydrogen) atoms. The largest absolute Gasteiger partial charge is 0.398 e. The molecule has 2 aromatic rings. The molecule has 0 aliphatic heterocycles. The fourth-order valence-electron chi connectivity index (χ4n) is 1.92. The van der Waals surface area contributed by atoms with Gasteiger partial charge in [-0.25, -0.2) is 8.42 Å². The van der Waals surface area contributed by atoms with Gasteiger partial charge in [0.2, 0.25) is 0 Å². The summed E-state index contributed by atoms with van der Waals surface area (Å²) in [6.07, 6.45) is 0. The van der Waals surface area contributed by atoms with E-state index in [0.29, 0.717) is 5.69 Å². The van der Waals surface area contributed by atoms with E-state index in [1.807, 2.05) is 0 Å². The second-order valence-electron chi connectivity index (χ2n) is 4.32. The molecular weight excluding hydrogens is 286 g/mol. The summed E-state index contributed by atoms with van der Waals surface area (Å²) in [5.41, 5.74) is 7.24. The highest BCUT2D eigenvalue weighted by molar-refractivity contribution is 7.91. The number of rotatable bonds is 3. The molecule has 1 heterocycles. The Morgan fingerprint density at radius 3 is 2.63 bits per heavy atom. The van der Waals surface area contributed by atoms with E-state index in [4.69, 9.17) is 17.3 Å². The number of anilines is 1. The highest BCUT2D eigenvalue weighted by atomic mass is 35.5. The summed E-state index contributed by atoms with van der Waals surface area (Å²) in [5.74, 6) is -0.182. The lowest BCUT2D eigenvalue weighted by molar-refractivity contribution is 0.592. The Hall–Kier alpha value is -1.53. The first kappa shape index (κ1) is 13.9. The molecule has 0 bridgehead atoms. The van der Waals surface area contributed by atoms with Gasteiger partial charge in [-0.2, -0.15) is 5.10 Å². The third kappa shape index (κ3) is 2.74. The number of halogens is 1. The van der Waals surface area contributed by atoms with Crippen molar-refractivity contribution in [1.29, 1.82) is 0 Å². The molecule has 0 aliphatic rings. The fourth-order valence-corrected chi connectivity index (χ4v) is 4.05. The van der Waals surface area contributed by atoms with Gasteiger partial charge in [-0.05, 0) is 25.1 Å². The van der Waals surface area contributed by atoms with E-state index in [1.54, 1.807) is 30.8 Å². The predicted octanol–water partition coefficient (Wildman–Crippen LogP) is 1.94. The third-order valence-corrected chi connectivity index (χ3v) is 4.93. The van der Waals surface area contributed by atoms with Gasteiger partial charge < -0.3 is 5.73 Å². The summed E-state index contributed by atoms with van der Waals surface area (Å²) in [4.78, 5) is -0.0180. The lowest BCUT2D eigenvalue weighted by Gasteiger charge is -2.09. The Morgan fingerprint density at radius 2 is 2.11 bits per heavy atom. The molecule has 0 radical (unpaired) electrons. The molecular formula is C12H14ClN3O2S. The molecule has 1 aromatic carbocycles. The van der Waals surface area contributed by atoms with Crippen LogP contribution < -0.4 is 5.73 Å². The number of sulfone groups is 1. The smallest absolute Gasteiger partial charge is 0.187 e. The van der Waals surface area contributed by atoms with Crippen molar-refractivity contribution in [3.8, 4) is 0 Å². The Kier molecular flexibility index (Phi) is 3.56. The first-order chi connectivity index (χ1) is 8.81. The van der Waals surface area contributed by atoms with E-state index < -0.39 is 9.84 Å². The Morgan fingerprint density at radius 1 is 1.42 bits per heavy atom. The van der Waals surface area contributed by atoms with Gasteiger partial charge in [0, 0.05) is 7.05 Å². The van der Waals surface area contributed by atoms with E-state index in [-0.39, 0.29) is 21.4 Å². The van der Waals surface area contributed by atoms with Crippen molar-refractivity contribution < 1.29 is 8.42 Å². The van der Waals surface area contributed by atoms with Gasteiger partial charge in [0.1, 0.15) is 4.90 Å². The molecule has 5 nitrogen and oxygen atoms in total. The molecule has 2 rings (SSSR count). The van der Waals surface area contributed by atoms with Crippen LogP contribution in [0.4, 0.5) is 5.69 Å². The van der Waals surface area contributed by atoms with Crippen molar-refractivity contribution in [3.05, 3.63) is 40.7 Å². The minimum Gasteiger partial charge on any atom is -0.398 e. The maximum absolute atomic E-state index is 12.4. The number of nitrogen functional groups attached to an aromatic ring is 1. The average molecular weight is 300 g/mol. The summed E-state index contributed by atoms with van der Waals surface area (Å²) in [6, 6.07) is 6.38. The van der Waals surface area contributed by atoms with E-state index in [1.165, 1.54) is 12.1 Å². The van der Waals surface area contributed by atoms with Crippen LogP contribution >= 0.6 is 11.6 Å². The van der Waals surface area contributed by atoms with Crippen LogP contribution in [0.2, 0.25) is 5.02 Å². The molecule has 2 N–H and O–H groups in total. The van der Waals surface area contributed by atoms with Crippen LogP contribution in [-0.4, -0.2) is 18.2 Å². The van der Waals surface area contributed by atoms with Gasteiger partial charge in [0.25, 0.3) is 0 Å². The Balaban J connectivity index is 2.47. The predicted molar refractivity (Wildman–Crippen MR) is 74.7 cm³/mol. The second kappa shape index (κ2) is 4.86. The average Bonchev–Trinajstić information content (AvgIpc) is 2.55. The number of nitrogens with two attached hydrogens (primary N) is 1. The number of benzene rings is 1. The molecule has 0 unspecified atom stereocenters. The highest BCUT2D eigenvalue weighted by Crippen LogP contribution is 2.29. The molecule has 0 saturated carbocycles. The van der Waals surface area contributed by atoms with Crippen LogP contribution in [-0.2, 0) is 22.6 Å². The van der Waals surface area contributed by atoms with Gasteiger partial charge in [-0.15, -0.1) is 0 Å². The first-order valence-electron chi connectivity index (χ1n) is 5.57. The topological polar surface area (TPSA) is 78.0 Å². The zero-order valence-corrected chi connectivity index (χ0v) is 12.2. The summed E-state index contributed by atoms with van der Waals surface area (Å²) < 4.78 is 26.3. The maximum Gasteiger partial charge on any atom is 0.187 e. The summed E-state index contributed by atoms with van der Waals surface area (Å²) in [5, 5.41) is 4.26. The summed E-state index contributed by atoms with van der Waals surface area (Å²) >= 11 is 5.94. The van der Waals surface area contributed by atoms with Gasteiger partial charge in [-0.1, -0.05) is 17.7 Å². The normalized spacial score (nSPS) is 11.7. The zero-order valence-electron chi connectivity index (χ0n) is 10.6. The van der Waals surface area contributed by atoms with E-state index in [0.717, 1.165) is 5.69 Å². The van der Waals surface area contributed by atoms with Crippen LogP contribution in [0.5, 0.6) is 0 Å². The van der Waals surface area contributed by atoms with Gasteiger partial charge in [-0.3, -0.25) is 4.68 Å². The maximum atomic E-state index is 12.4. The van der Waals surface area contributed by atoms with Crippen molar-refractivity contribution in [1.82, 2.24) is 9.78 Å². The molecule has 0 atom stereocenters. The zero-order chi connectivity index (χ0) is 14.2. The monoisotopic (exact) mass is 299 g/mol. The summed E-state index contributed by atoms with van der Waals surface area (Å²) in [7, 11) is -1.90. The Bertz CT molecular complexity index is 702. The molecule has 0 aliphatic carbocycles. The number of aromatic nitrogens is 2. The van der Waals surface area contributed by atoms with Crippen LogP contribution in [0.15, 0.2) is 29.2 Å². The number of nitrogens with zero attached hydrogens (tertiary/aromatic N) is 2. The molecule has 102 valence electrons. The fraction of sp³-hybridized carbons (Fsp3) is 0.250. The number of hydrogen-bond donors (Lipinski definition) is 1. The Labute approximate surface area is 116 Å². The first-order valence-corrected chi connectivity index (χ1v) is 7.60. The minimum atomic E-state index is -3.60. The molecule has 0 fully saturated rings. The van der Waals surface area contributed by atoms with Crippen LogP contribution in [0.1, 0.15) is 11.4 Å². The minimum absolute atomic E-state index is 0.0180. The molecule has 0 amide bonds. The van der Waals surface area contributed by atoms with Crippen LogP contribution in [0.3, 0.4) is 0 Å².